The third-order valence-corrected chi connectivity index (χ3v) is 3.89. The second-order valence-electron chi connectivity index (χ2n) is 5.75. The minimum absolute atomic E-state index is 0.109. The third kappa shape index (κ3) is 4.36. The summed E-state index contributed by atoms with van der Waals surface area (Å²) in [4.78, 5) is 20.8. The molecule has 132 valence electrons. The lowest BCUT2D eigenvalue weighted by Crippen LogP contribution is -2.27. The van der Waals surface area contributed by atoms with Gasteiger partial charge in [0.2, 0.25) is 0 Å². The topological polar surface area (TPSA) is 76.1 Å². The molecule has 3 aromatic rings. The lowest BCUT2D eigenvalue weighted by Gasteiger charge is -2.14. The monoisotopic (exact) mass is 348 g/mol. The molecule has 1 unspecified atom stereocenters. The maximum absolute atomic E-state index is 12.3. The number of rotatable bonds is 6. The van der Waals surface area contributed by atoms with Gasteiger partial charge in [-0.2, -0.15) is 0 Å². The summed E-state index contributed by atoms with van der Waals surface area (Å²) in [6.07, 6.45) is 2.99. The second kappa shape index (κ2) is 8.11. The molecule has 6 nitrogen and oxygen atoms in total. The summed E-state index contributed by atoms with van der Waals surface area (Å²) in [5, 5.41) is 6.05. The number of amides is 1. The number of nitrogens with zero attached hydrogens (tertiary/aromatic N) is 2. The lowest BCUT2D eigenvalue weighted by atomic mass is 10.1. The molecule has 2 aromatic carbocycles. The number of nitrogens with one attached hydrogen (secondary N) is 2. The quantitative estimate of drug-likeness (QED) is 0.710. The smallest absolute Gasteiger partial charge is 0.271 e. The van der Waals surface area contributed by atoms with Crippen LogP contribution in [0, 0.1) is 0 Å². The van der Waals surface area contributed by atoms with Crippen LogP contribution in [0.5, 0.6) is 5.75 Å². The zero-order valence-corrected chi connectivity index (χ0v) is 14.6. The highest BCUT2D eigenvalue weighted by Gasteiger charge is 2.12. The molecule has 3 rings (SSSR count). The lowest BCUT2D eigenvalue weighted by molar-refractivity contribution is 0.0934. The summed E-state index contributed by atoms with van der Waals surface area (Å²) in [7, 11) is 1.62. The Morgan fingerprint density at radius 1 is 1.00 bits per heavy atom. The molecule has 1 atom stereocenters. The van der Waals surface area contributed by atoms with Crippen molar-refractivity contribution in [3.8, 4) is 5.75 Å². The molecule has 0 saturated carbocycles. The third-order valence-electron chi connectivity index (χ3n) is 3.89. The molecule has 0 aliphatic heterocycles. The van der Waals surface area contributed by atoms with Gasteiger partial charge in [0, 0.05) is 5.69 Å². The van der Waals surface area contributed by atoms with Gasteiger partial charge in [-0.05, 0) is 36.8 Å². The Bertz CT molecular complexity index is 849. The summed E-state index contributed by atoms with van der Waals surface area (Å²) in [5.41, 5.74) is 2.16. The number of hydrogen-bond acceptors (Lipinski definition) is 5. The minimum atomic E-state index is -0.259. The molecule has 0 bridgehead atoms. The Hall–Kier alpha value is -3.41. The largest absolute Gasteiger partial charge is 0.497 e. The fraction of sp³-hybridized carbons (Fsp3) is 0.150. The van der Waals surface area contributed by atoms with E-state index < -0.39 is 0 Å². The van der Waals surface area contributed by atoms with E-state index in [2.05, 4.69) is 20.6 Å². The van der Waals surface area contributed by atoms with E-state index in [1.807, 2.05) is 61.5 Å². The number of anilines is 2. The van der Waals surface area contributed by atoms with Gasteiger partial charge >= 0.3 is 0 Å². The Kier molecular flexibility index (Phi) is 5.43. The normalized spacial score (nSPS) is 11.5. The molecule has 0 aliphatic rings. The number of carbonyl (C=O) groups is 1. The van der Waals surface area contributed by atoms with E-state index in [4.69, 9.17) is 4.74 Å². The maximum atomic E-state index is 12.3. The zero-order chi connectivity index (χ0) is 18.4. The molecule has 6 heteroatoms. The van der Waals surface area contributed by atoms with Crippen LogP contribution in [0.3, 0.4) is 0 Å². The minimum Gasteiger partial charge on any atom is -0.497 e. The fourth-order valence-electron chi connectivity index (χ4n) is 2.43. The van der Waals surface area contributed by atoms with Gasteiger partial charge < -0.3 is 15.4 Å². The average Bonchev–Trinajstić information content (AvgIpc) is 2.69. The molecule has 2 N–H and O–H groups in total. The summed E-state index contributed by atoms with van der Waals surface area (Å²) in [6, 6.07) is 17.1. The van der Waals surface area contributed by atoms with Gasteiger partial charge in [0.1, 0.15) is 17.3 Å². The molecule has 1 aromatic heterocycles. The first-order valence-corrected chi connectivity index (χ1v) is 8.24. The van der Waals surface area contributed by atoms with Crippen LogP contribution in [0.2, 0.25) is 0 Å². The Morgan fingerprint density at radius 2 is 1.73 bits per heavy atom. The van der Waals surface area contributed by atoms with Crippen LogP contribution < -0.4 is 15.4 Å². The highest BCUT2D eigenvalue weighted by atomic mass is 16.5. The van der Waals surface area contributed by atoms with Crippen molar-refractivity contribution in [2.45, 2.75) is 13.0 Å². The number of benzene rings is 2. The van der Waals surface area contributed by atoms with Crippen molar-refractivity contribution in [3.63, 3.8) is 0 Å². The van der Waals surface area contributed by atoms with E-state index >= 15 is 0 Å². The molecule has 26 heavy (non-hydrogen) atoms. The van der Waals surface area contributed by atoms with Gasteiger partial charge in [0.15, 0.2) is 0 Å². The van der Waals surface area contributed by atoms with Gasteiger partial charge in [-0.1, -0.05) is 30.3 Å². The second-order valence-corrected chi connectivity index (χ2v) is 5.75. The van der Waals surface area contributed by atoms with Crippen LogP contribution in [-0.4, -0.2) is 23.0 Å². The van der Waals surface area contributed by atoms with Crippen molar-refractivity contribution in [2.75, 3.05) is 12.4 Å². The van der Waals surface area contributed by atoms with Crippen LogP contribution in [0.1, 0.15) is 29.0 Å². The fourth-order valence-corrected chi connectivity index (χ4v) is 2.43. The van der Waals surface area contributed by atoms with E-state index in [1.54, 1.807) is 7.11 Å². The van der Waals surface area contributed by atoms with E-state index in [1.165, 1.54) is 12.4 Å². The van der Waals surface area contributed by atoms with Crippen molar-refractivity contribution in [2.24, 2.45) is 0 Å². The van der Waals surface area contributed by atoms with Crippen LogP contribution in [-0.2, 0) is 0 Å². The van der Waals surface area contributed by atoms with Crippen LogP contribution in [0.25, 0.3) is 0 Å². The zero-order valence-electron chi connectivity index (χ0n) is 14.6. The van der Waals surface area contributed by atoms with Crippen molar-refractivity contribution >= 4 is 17.4 Å². The van der Waals surface area contributed by atoms with Crippen LogP contribution >= 0.6 is 0 Å². The summed E-state index contributed by atoms with van der Waals surface area (Å²) in [5.74, 6) is 1.08. The Labute approximate surface area is 152 Å². The van der Waals surface area contributed by atoms with E-state index in [0.717, 1.165) is 17.0 Å². The SMILES string of the molecule is COc1ccc(Nc2cnc(C(=O)NC(C)c3ccccc3)cn2)cc1. The van der Waals surface area contributed by atoms with E-state index in [-0.39, 0.29) is 17.6 Å². The van der Waals surface area contributed by atoms with E-state index in [9.17, 15) is 4.79 Å². The van der Waals surface area contributed by atoms with Crippen molar-refractivity contribution in [3.05, 3.63) is 78.2 Å². The van der Waals surface area contributed by atoms with Gasteiger partial charge in [0.05, 0.1) is 25.5 Å². The van der Waals surface area contributed by atoms with Crippen molar-refractivity contribution < 1.29 is 9.53 Å². The molecular formula is C20H20N4O2. The number of hydrogen-bond donors (Lipinski definition) is 2. The van der Waals surface area contributed by atoms with E-state index in [0.29, 0.717) is 5.82 Å². The van der Waals surface area contributed by atoms with Gasteiger partial charge in [-0.15, -0.1) is 0 Å². The van der Waals surface area contributed by atoms with Gasteiger partial charge in [0.25, 0.3) is 5.91 Å². The molecular weight excluding hydrogens is 328 g/mol. The molecule has 0 radical (unpaired) electrons. The number of ether oxygens (including phenoxy) is 1. The summed E-state index contributed by atoms with van der Waals surface area (Å²) < 4.78 is 5.12. The molecule has 0 saturated heterocycles. The van der Waals surface area contributed by atoms with Gasteiger partial charge in [-0.25, -0.2) is 9.97 Å². The summed E-state index contributed by atoms with van der Waals surface area (Å²) in [6.45, 7) is 1.93. The first kappa shape index (κ1) is 17.4. The number of aromatic nitrogens is 2. The highest BCUT2D eigenvalue weighted by Crippen LogP contribution is 2.18. The highest BCUT2D eigenvalue weighted by molar-refractivity contribution is 5.92. The molecule has 1 amide bonds. The predicted octanol–water partition coefficient (Wildman–Crippen LogP) is 3.72. The standard InChI is InChI=1S/C20H20N4O2/c1-14(15-6-4-3-5-7-15)23-20(25)18-12-22-19(13-21-18)24-16-8-10-17(26-2)11-9-16/h3-14H,1-2H3,(H,22,24)(H,23,25). The van der Waals surface area contributed by atoms with Crippen molar-refractivity contribution in [1.82, 2.24) is 15.3 Å². The van der Waals surface area contributed by atoms with Crippen LogP contribution in [0.4, 0.5) is 11.5 Å². The first-order chi connectivity index (χ1) is 12.7. The molecule has 0 spiro atoms. The predicted molar refractivity (Wildman–Crippen MR) is 101 cm³/mol. The molecule has 0 aliphatic carbocycles. The Balaban J connectivity index is 1.62. The number of methoxy groups -OCH3 is 1. The first-order valence-electron chi connectivity index (χ1n) is 8.24. The molecule has 1 heterocycles. The number of carbonyl (C=O) groups excluding carboxylic acids is 1. The van der Waals surface area contributed by atoms with Crippen molar-refractivity contribution in [1.29, 1.82) is 0 Å². The van der Waals surface area contributed by atoms with Crippen LogP contribution in [0.15, 0.2) is 67.0 Å². The Morgan fingerprint density at radius 3 is 2.35 bits per heavy atom. The van der Waals surface area contributed by atoms with Gasteiger partial charge in [-0.3, -0.25) is 4.79 Å². The molecule has 0 fully saturated rings. The maximum Gasteiger partial charge on any atom is 0.271 e. The summed E-state index contributed by atoms with van der Waals surface area (Å²) >= 11 is 0. The average molecular weight is 348 g/mol.